The van der Waals surface area contributed by atoms with Gasteiger partial charge in [-0.15, -0.1) is 0 Å². The van der Waals surface area contributed by atoms with Crippen LogP contribution in [0.5, 0.6) is 0 Å². The Bertz CT molecular complexity index is 172. The summed E-state index contributed by atoms with van der Waals surface area (Å²) in [4.78, 5) is 12.7. The summed E-state index contributed by atoms with van der Waals surface area (Å²) in [6, 6.07) is 0.0579. The Labute approximate surface area is 72.1 Å². The van der Waals surface area contributed by atoms with E-state index in [0.29, 0.717) is 19.6 Å². The molecule has 0 aromatic rings. The zero-order valence-corrected chi connectivity index (χ0v) is 7.49. The van der Waals surface area contributed by atoms with E-state index in [1.54, 1.807) is 12.0 Å². The highest BCUT2D eigenvalue weighted by molar-refractivity contribution is 5.74. The van der Waals surface area contributed by atoms with E-state index >= 15 is 0 Å². The molecule has 1 fully saturated rings. The number of rotatable bonds is 2. The molecule has 1 amide bonds. The minimum atomic E-state index is -0.381. The number of methoxy groups -OCH3 is 1. The molecule has 0 spiro atoms. The summed E-state index contributed by atoms with van der Waals surface area (Å²) in [5.41, 5.74) is 0. The molecule has 1 saturated heterocycles. The maximum Gasteiger partial charge on any atom is 0.219 e. The standard InChI is InChI=1S/C8H15NO3/c1-6(10)9-4-8(11)3-7(9)5-12-2/h7-8,11H,3-5H2,1-2H3/t7-,8+/m0/s1. The van der Waals surface area contributed by atoms with Gasteiger partial charge < -0.3 is 14.7 Å². The number of carbonyl (C=O) groups is 1. The second-order valence-electron chi connectivity index (χ2n) is 3.17. The van der Waals surface area contributed by atoms with Crippen molar-refractivity contribution in [3.8, 4) is 0 Å². The van der Waals surface area contributed by atoms with Crippen molar-refractivity contribution < 1.29 is 14.6 Å². The van der Waals surface area contributed by atoms with Crippen LogP contribution in [-0.2, 0) is 9.53 Å². The van der Waals surface area contributed by atoms with E-state index < -0.39 is 0 Å². The van der Waals surface area contributed by atoms with Gasteiger partial charge in [-0.1, -0.05) is 0 Å². The second-order valence-corrected chi connectivity index (χ2v) is 3.17. The zero-order chi connectivity index (χ0) is 9.14. The summed E-state index contributed by atoms with van der Waals surface area (Å²) in [6.07, 6.45) is 0.252. The Morgan fingerprint density at radius 1 is 1.75 bits per heavy atom. The predicted octanol–water partition coefficient (Wildman–Crippen LogP) is -0.385. The van der Waals surface area contributed by atoms with Crippen molar-refractivity contribution >= 4 is 5.91 Å². The van der Waals surface area contributed by atoms with Crippen LogP contribution in [0.3, 0.4) is 0 Å². The van der Waals surface area contributed by atoms with Gasteiger partial charge in [0, 0.05) is 20.6 Å². The Hall–Kier alpha value is -0.610. The van der Waals surface area contributed by atoms with Crippen LogP contribution < -0.4 is 0 Å². The van der Waals surface area contributed by atoms with E-state index in [-0.39, 0.29) is 18.1 Å². The fourth-order valence-corrected chi connectivity index (χ4v) is 1.63. The second kappa shape index (κ2) is 3.87. The van der Waals surface area contributed by atoms with Crippen LogP contribution in [0.4, 0.5) is 0 Å². The topological polar surface area (TPSA) is 49.8 Å². The van der Waals surface area contributed by atoms with Gasteiger partial charge in [0.15, 0.2) is 0 Å². The van der Waals surface area contributed by atoms with Gasteiger partial charge in [0.2, 0.25) is 5.91 Å². The molecule has 4 heteroatoms. The van der Waals surface area contributed by atoms with Crippen molar-refractivity contribution in [2.45, 2.75) is 25.5 Å². The lowest BCUT2D eigenvalue weighted by Crippen LogP contribution is -2.36. The van der Waals surface area contributed by atoms with Gasteiger partial charge in [0.05, 0.1) is 18.8 Å². The van der Waals surface area contributed by atoms with Crippen molar-refractivity contribution in [3.05, 3.63) is 0 Å². The lowest BCUT2D eigenvalue weighted by atomic mass is 10.2. The number of ether oxygens (including phenoxy) is 1. The highest BCUT2D eigenvalue weighted by atomic mass is 16.5. The lowest BCUT2D eigenvalue weighted by Gasteiger charge is -2.21. The average Bonchev–Trinajstić information content (AvgIpc) is 2.32. The molecule has 1 N–H and O–H groups in total. The van der Waals surface area contributed by atoms with Crippen molar-refractivity contribution in [1.29, 1.82) is 0 Å². The van der Waals surface area contributed by atoms with Crippen LogP contribution in [0.15, 0.2) is 0 Å². The quantitative estimate of drug-likeness (QED) is 0.619. The number of nitrogens with zero attached hydrogens (tertiary/aromatic N) is 1. The van der Waals surface area contributed by atoms with Gasteiger partial charge >= 0.3 is 0 Å². The van der Waals surface area contributed by atoms with Crippen molar-refractivity contribution in [2.24, 2.45) is 0 Å². The average molecular weight is 173 g/mol. The fraction of sp³-hybridized carbons (Fsp3) is 0.875. The van der Waals surface area contributed by atoms with Crippen molar-refractivity contribution in [1.82, 2.24) is 4.90 Å². The van der Waals surface area contributed by atoms with E-state index in [0.717, 1.165) is 0 Å². The van der Waals surface area contributed by atoms with Gasteiger partial charge in [-0.3, -0.25) is 4.79 Å². The molecular formula is C8H15NO3. The number of β-amino-alcohol motifs (C(OH)–C–C–N with tert-alkyl or cyclic N) is 1. The van der Waals surface area contributed by atoms with E-state index in [1.165, 1.54) is 6.92 Å². The predicted molar refractivity (Wildman–Crippen MR) is 43.7 cm³/mol. The minimum Gasteiger partial charge on any atom is -0.391 e. The summed E-state index contributed by atoms with van der Waals surface area (Å²) in [6.45, 7) is 2.47. The molecular weight excluding hydrogens is 158 g/mol. The third-order valence-electron chi connectivity index (χ3n) is 2.16. The Balaban J connectivity index is 2.53. The number of hydrogen-bond acceptors (Lipinski definition) is 3. The van der Waals surface area contributed by atoms with Crippen LogP contribution in [0.25, 0.3) is 0 Å². The number of amides is 1. The number of aliphatic hydroxyl groups excluding tert-OH is 1. The van der Waals surface area contributed by atoms with Crippen LogP contribution in [0.1, 0.15) is 13.3 Å². The van der Waals surface area contributed by atoms with E-state index in [1.807, 2.05) is 0 Å². The maximum atomic E-state index is 11.0. The molecule has 0 unspecified atom stereocenters. The molecule has 1 aliphatic heterocycles. The third-order valence-corrected chi connectivity index (χ3v) is 2.16. The monoisotopic (exact) mass is 173 g/mol. The maximum absolute atomic E-state index is 11.0. The van der Waals surface area contributed by atoms with Crippen molar-refractivity contribution in [2.75, 3.05) is 20.3 Å². The summed E-state index contributed by atoms with van der Waals surface area (Å²) in [5.74, 6) is 0.00796. The van der Waals surface area contributed by atoms with Crippen LogP contribution in [0.2, 0.25) is 0 Å². The molecule has 1 heterocycles. The highest BCUT2D eigenvalue weighted by Gasteiger charge is 2.32. The SMILES string of the molecule is COC[C@@H]1C[C@@H](O)CN1C(C)=O. The Morgan fingerprint density at radius 2 is 2.42 bits per heavy atom. The molecule has 0 saturated carbocycles. The summed E-state index contributed by atoms with van der Waals surface area (Å²) in [7, 11) is 1.60. The summed E-state index contributed by atoms with van der Waals surface area (Å²) < 4.78 is 4.95. The van der Waals surface area contributed by atoms with Gasteiger partial charge in [0.25, 0.3) is 0 Å². The molecule has 1 aliphatic rings. The molecule has 0 aromatic heterocycles. The molecule has 0 radical (unpaired) electrons. The number of carbonyl (C=O) groups excluding carboxylic acids is 1. The first-order valence-electron chi connectivity index (χ1n) is 4.09. The van der Waals surface area contributed by atoms with Gasteiger partial charge in [-0.2, -0.15) is 0 Å². The number of likely N-dealkylation sites (tertiary alicyclic amines) is 1. The minimum absolute atomic E-state index is 0.00796. The van der Waals surface area contributed by atoms with Gasteiger partial charge in [0.1, 0.15) is 0 Å². The van der Waals surface area contributed by atoms with Crippen LogP contribution >= 0.6 is 0 Å². The van der Waals surface area contributed by atoms with Gasteiger partial charge in [-0.05, 0) is 6.42 Å². The Kier molecular flexibility index (Phi) is 3.05. The smallest absolute Gasteiger partial charge is 0.219 e. The lowest BCUT2D eigenvalue weighted by molar-refractivity contribution is -0.130. The molecule has 2 atom stereocenters. The summed E-state index contributed by atoms with van der Waals surface area (Å²) >= 11 is 0. The normalized spacial score (nSPS) is 29.4. The summed E-state index contributed by atoms with van der Waals surface area (Å²) in [5, 5.41) is 9.30. The van der Waals surface area contributed by atoms with Crippen LogP contribution in [0, 0.1) is 0 Å². The molecule has 0 aliphatic carbocycles. The van der Waals surface area contributed by atoms with Gasteiger partial charge in [-0.25, -0.2) is 0 Å². The molecule has 12 heavy (non-hydrogen) atoms. The van der Waals surface area contributed by atoms with E-state index in [4.69, 9.17) is 4.74 Å². The first-order valence-corrected chi connectivity index (χ1v) is 4.09. The molecule has 70 valence electrons. The molecule has 1 rings (SSSR count). The first kappa shape index (κ1) is 9.48. The van der Waals surface area contributed by atoms with Crippen molar-refractivity contribution in [3.63, 3.8) is 0 Å². The van der Waals surface area contributed by atoms with Crippen LogP contribution in [-0.4, -0.2) is 48.3 Å². The van der Waals surface area contributed by atoms with E-state index in [9.17, 15) is 9.90 Å². The molecule has 0 aromatic carbocycles. The Morgan fingerprint density at radius 3 is 2.92 bits per heavy atom. The number of aliphatic hydroxyl groups is 1. The highest BCUT2D eigenvalue weighted by Crippen LogP contribution is 2.17. The fourth-order valence-electron chi connectivity index (χ4n) is 1.63. The zero-order valence-electron chi connectivity index (χ0n) is 7.49. The third kappa shape index (κ3) is 1.95. The van der Waals surface area contributed by atoms with E-state index in [2.05, 4.69) is 0 Å². The molecule has 0 bridgehead atoms. The first-order chi connectivity index (χ1) is 5.65. The number of hydrogen-bond donors (Lipinski definition) is 1. The molecule has 4 nitrogen and oxygen atoms in total. The largest absolute Gasteiger partial charge is 0.391 e.